The van der Waals surface area contributed by atoms with E-state index < -0.39 is 0 Å². The molecule has 104 valence electrons. The first-order chi connectivity index (χ1) is 9.24. The van der Waals surface area contributed by atoms with Gasteiger partial charge in [0.15, 0.2) is 0 Å². The van der Waals surface area contributed by atoms with Gasteiger partial charge in [0.25, 0.3) is 0 Å². The van der Waals surface area contributed by atoms with E-state index in [0.29, 0.717) is 5.95 Å². The summed E-state index contributed by atoms with van der Waals surface area (Å²) < 4.78 is 5.02. The monoisotopic (exact) mass is 283 g/mol. The van der Waals surface area contributed by atoms with E-state index in [-0.39, 0.29) is 11.3 Å². The number of hydrogen-bond donors (Lipinski definition) is 0. The summed E-state index contributed by atoms with van der Waals surface area (Å²) >= 11 is 5.87. The molecule has 1 saturated carbocycles. The topological polar surface area (TPSA) is 54.4 Å². The number of aromatic nitrogens is 3. The quantitative estimate of drug-likeness (QED) is 0.824. The summed E-state index contributed by atoms with van der Waals surface area (Å²) in [6, 6.07) is 0.274. The lowest BCUT2D eigenvalue weighted by molar-refractivity contribution is 0.246. The molecule has 1 aliphatic heterocycles. The highest BCUT2D eigenvalue weighted by Gasteiger charge is 2.27. The minimum Gasteiger partial charge on any atom is -0.467 e. The molecular weight excluding hydrogens is 266 g/mol. The largest absolute Gasteiger partial charge is 0.467 e. The molecule has 0 amide bonds. The van der Waals surface area contributed by atoms with E-state index in [1.165, 1.54) is 26.5 Å². The molecule has 0 N–H and O–H groups in total. The van der Waals surface area contributed by atoms with Crippen molar-refractivity contribution in [3.8, 4) is 6.01 Å². The maximum absolute atomic E-state index is 5.87. The Kier molecular flexibility index (Phi) is 3.70. The molecule has 0 spiro atoms. The van der Waals surface area contributed by atoms with Gasteiger partial charge in [-0.15, -0.1) is 0 Å². The van der Waals surface area contributed by atoms with Crippen molar-refractivity contribution in [2.45, 2.75) is 12.8 Å². The average molecular weight is 284 g/mol. The standard InChI is InChI=1S/C12H18ClN5O/c1-19-12-15-10(13)14-11(16-12)18-6-4-17(5-7-18)8-9-2-3-9/h9H,2-8H2,1H3. The van der Waals surface area contributed by atoms with Gasteiger partial charge in [0.2, 0.25) is 11.2 Å². The summed E-state index contributed by atoms with van der Waals surface area (Å²) in [6.45, 7) is 5.21. The molecule has 1 saturated heterocycles. The highest BCUT2D eigenvalue weighted by molar-refractivity contribution is 6.28. The third-order valence-corrected chi connectivity index (χ3v) is 3.80. The molecule has 2 fully saturated rings. The van der Waals surface area contributed by atoms with Gasteiger partial charge in [-0.3, -0.25) is 4.90 Å². The number of halogens is 1. The number of rotatable bonds is 4. The summed E-state index contributed by atoms with van der Waals surface area (Å²) in [5.74, 6) is 1.56. The van der Waals surface area contributed by atoms with Gasteiger partial charge >= 0.3 is 6.01 Å². The Bertz CT molecular complexity index is 446. The molecule has 2 heterocycles. The number of ether oxygens (including phenoxy) is 1. The van der Waals surface area contributed by atoms with Crippen molar-refractivity contribution in [3.05, 3.63) is 5.28 Å². The van der Waals surface area contributed by atoms with Crippen LogP contribution in [0.15, 0.2) is 0 Å². The van der Waals surface area contributed by atoms with Crippen molar-refractivity contribution in [3.63, 3.8) is 0 Å². The SMILES string of the molecule is COc1nc(Cl)nc(N2CCN(CC3CC3)CC2)n1. The first kappa shape index (κ1) is 12.9. The average Bonchev–Trinajstić information content (AvgIpc) is 3.23. The van der Waals surface area contributed by atoms with Crippen LogP contribution in [0.3, 0.4) is 0 Å². The van der Waals surface area contributed by atoms with Crippen molar-refractivity contribution in [1.82, 2.24) is 19.9 Å². The minimum absolute atomic E-state index is 0.183. The van der Waals surface area contributed by atoms with Crippen LogP contribution in [0.1, 0.15) is 12.8 Å². The number of methoxy groups -OCH3 is 1. The normalized spacial score (nSPS) is 20.6. The number of piperazine rings is 1. The van der Waals surface area contributed by atoms with Gasteiger partial charge in [-0.1, -0.05) is 0 Å². The van der Waals surface area contributed by atoms with Crippen LogP contribution in [0.25, 0.3) is 0 Å². The molecular formula is C12H18ClN5O. The van der Waals surface area contributed by atoms with E-state index >= 15 is 0 Å². The molecule has 2 aliphatic rings. The second-order valence-corrected chi connectivity index (χ2v) is 5.46. The molecule has 1 aliphatic carbocycles. The maximum Gasteiger partial charge on any atom is 0.322 e. The maximum atomic E-state index is 5.87. The Morgan fingerprint density at radius 2 is 1.89 bits per heavy atom. The lowest BCUT2D eigenvalue weighted by Crippen LogP contribution is -2.47. The van der Waals surface area contributed by atoms with Crippen LogP contribution in [0.2, 0.25) is 5.28 Å². The molecule has 7 heteroatoms. The molecule has 0 unspecified atom stereocenters. The van der Waals surface area contributed by atoms with Crippen molar-refractivity contribution in [2.24, 2.45) is 5.92 Å². The van der Waals surface area contributed by atoms with Crippen molar-refractivity contribution < 1.29 is 4.74 Å². The molecule has 1 aromatic rings. The second-order valence-electron chi connectivity index (χ2n) is 5.12. The summed E-state index contributed by atoms with van der Waals surface area (Å²) in [5, 5.41) is 0.183. The Hall–Kier alpha value is -1.14. The highest BCUT2D eigenvalue weighted by atomic mass is 35.5. The summed E-state index contributed by atoms with van der Waals surface area (Å²) in [5.41, 5.74) is 0. The zero-order chi connectivity index (χ0) is 13.2. The van der Waals surface area contributed by atoms with Gasteiger partial charge in [-0.25, -0.2) is 0 Å². The molecule has 0 aromatic carbocycles. The fourth-order valence-electron chi connectivity index (χ4n) is 2.35. The molecule has 0 atom stereocenters. The lowest BCUT2D eigenvalue weighted by Gasteiger charge is -2.34. The van der Waals surface area contributed by atoms with Crippen LogP contribution in [-0.4, -0.2) is 59.7 Å². The van der Waals surface area contributed by atoms with Crippen LogP contribution in [0.4, 0.5) is 5.95 Å². The van der Waals surface area contributed by atoms with E-state index in [2.05, 4.69) is 24.8 Å². The van der Waals surface area contributed by atoms with E-state index in [1.807, 2.05) is 0 Å². The summed E-state index contributed by atoms with van der Waals surface area (Å²) in [4.78, 5) is 17.0. The second kappa shape index (κ2) is 5.46. The molecule has 3 rings (SSSR count). The van der Waals surface area contributed by atoms with Gasteiger partial charge in [0.1, 0.15) is 0 Å². The van der Waals surface area contributed by atoms with Crippen LogP contribution in [0.5, 0.6) is 6.01 Å². The fourth-order valence-corrected chi connectivity index (χ4v) is 2.50. The van der Waals surface area contributed by atoms with Crippen LogP contribution < -0.4 is 9.64 Å². The first-order valence-corrected chi connectivity index (χ1v) is 7.05. The van der Waals surface area contributed by atoms with Gasteiger partial charge in [-0.05, 0) is 30.4 Å². The fraction of sp³-hybridized carbons (Fsp3) is 0.750. The third-order valence-electron chi connectivity index (χ3n) is 3.63. The number of nitrogens with zero attached hydrogens (tertiary/aromatic N) is 5. The molecule has 6 nitrogen and oxygen atoms in total. The third kappa shape index (κ3) is 3.25. The molecule has 0 radical (unpaired) electrons. The smallest absolute Gasteiger partial charge is 0.322 e. The predicted molar refractivity (Wildman–Crippen MR) is 72.8 cm³/mol. The van der Waals surface area contributed by atoms with Crippen LogP contribution in [0, 0.1) is 5.92 Å². The number of anilines is 1. The highest BCUT2D eigenvalue weighted by Crippen LogP contribution is 2.30. The lowest BCUT2D eigenvalue weighted by atomic mass is 10.3. The van der Waals surface area contributed by atoms with Crippen molar-refractivity contribution in [2.75, 3.05) is 44.7 Å². The van der Waals surface area contributed by atoms with Gasteiger partial charge in [-0.2, -0.15) is 15.0 Å². The molecule has 19 heavy (non-hydrogen) atoms. The zero-order valence-corrected chi connectivity index (χ0v) is 11.8. The van der Waals surface area contributed by atoms with Gasteiger partial charge in [0, 0.05) is 32.7 Å². The van der Waals surface area contributed by atoms with Gasteiger partial charge in [0.05, 0.1) is 7.11 Å². The van der Waals surface area contributed by atoms with Crippen LogP contribution in [-0.2, 0) is 0 Å². The predicted octanol–water partition coefficient (Wildman–Crippen LogP) is 1.07. The van der Waals surface area contributed by atoms with E-state index in [1.54, 1.807) is 0 Å². The Balaban J connectivity index is 1.62. The Morgan fingerprint density at radius 3 is 2.53 bits per heavy atom. The van der Waals surface area contributed by atoms with E-state index in [0.717, 1.165) is 32.1 Å². The van der Waals surface area contributed by atoms with E-state index in [4.69, 9.17) is 16.3 Å². The molecule has 0 bridgehead atoms. The van der Waals surface area contributed by atoms with Crippen molar-refractivity contribution in [1.29, 1.82) is 0 Å². The number of hydrogen-bond acceptors (Lipinski definition) is 6. The molecule has 1 aromatic heterocycles. The Labute approximate surface area is 117 Å². The summed E-state index contributed by atoms with van der Waals surface area (Å²) in [7, 11) is 1.53. The zero-order valence-electron chi connectivity index (χ0n) is 11.0. The minimum atomic E-state index is 0.183. The summed E-state index contributed by atoms with van der Waals surface area (Å²) in [6.07, 6.45) is 2.81. The first-order valence-electron chi connectivity index (χ1n) is 6.67. The van der Waals surface area contributed by atoms with Gasteiger partial charge < -0.3 is 9.64 Å². The Morgan fingerprint density at radius 1 is 1.16 bits per heavy atom. The van der Waals surface area contributed by atoms with Crippen LogP contribution >= 0.6 is 11.6 Å². The van der Waals surface area contributed by atoms with Crippen molar-refractivity contribution >= 4 is 17.5 Å². The van der Waals surface area contributed by atoms with E-state index in [9.17, 15) is 0 Å².